The normalized spacial score (nSPS) is 16.4. The van der Waals surface area contributed by atoms with Crippen LogP contribution in [0.15, 0.2) is 42.9 Å². The first-order valence-corrected chi connectivity index (χ1v) is 9.72. The lowest BCUT2D eigenvalue weighted by Gasteiger charge is -2.12. The summed E-state index contributed by atoms with van der Waals surface area (Å²) < 4.78 is 7.50. The largest absolute Gasteiger partial charge is 0.376 e. The van der Waals surface area contributed by atoms with E-state index in [1.807, 2.05) is 10.6 Å². The molecule has 4 rings (SSSR count). The van der Waals surface area contributed by atoms with E-state index in [2.05, 4.69) is 46.8 Å². The van der Waals surface area contributed by atoms with Gasteiger partial charge in [0.15, 0.2) is 5.65 Å². The van der Waals surface area contributed by atoms with E-state index in [-0.39, 0.29) is 12.0 Å². The van der Waals surface area contributed by atoms with Crippen molar-refractivity contribution in [3.63, 3.8) is 0 Å². The molecule has 0 spiro atoms. The van der Waals surface area contributed by atoms with E-state index in [4.69, 9.17) is 9.72 Å². The summed E-state index contributed by atoms with van der Waals surface area (Å²) >= 11 is 0. The maximum absolute atomic E-state index is 12.1. The predicted molar refractivity (Wildman–Crippen MR) is 108 cm³/mol. The van der Waals surface area contributed by atoms with Gasteiger partial charge in [0.2, 0.25) is 5.91 Å². The molecule has 7 heteroatoms. The fourth-order valence-electron chi connectivity index (χ4n) is 3.40. The quantitative estimate of drug-likeness (QED) is 0.660. The van der Waals surface area contributed by atoms with Gasteiger partial charge in [0, 0.05) is 44.1 Å². The first-order valence-electron chi connectivity index (χ1n) is 9.72. The molecule has 0 bridgehead atoms. The van der Waals surface area contributed by atoms with Crippen molar-refractivity contribution in [2.24, 2.45) is 0 Å². The zero-order valence-corrected chi connectivity index (χ0v) is 16.0. The monoisotopic (exact) mass is 379 g/mol. The summed E-state index contributed by atoms with van der Waals surface area (Å²) in [6.07, 6.45) is 7.99. The minimum atomic E-state index is 0.0235. The molecule has 1 aliphatic rings. The summed E-state index contributed by atoms with van der Waals surface area (Å²) in [5.74, 6) is 0.892. The van der Waals surface area contributed by atoms with Crippen LogP contribution in [0.1, 0.15) is 24.8 Å². The smallest absolute Gasteiger partial charge is 0.221 e. The molecule has 0 saturated carbocycles. The molecule has 1 saturated heterocycles. The van der Waals surface area contributed by atoms with Crippen LogP contribution in [0, 0.1) is 6.92 Å². The van der Waals surface area contributed by atoms with Crippen LogP contribution in [-0.4, -0.2) is 46.1 Å². The highest BCUT2D eigenvalue weighted by Crippen LogP contribution is 2.28. The zero-order valence-electron chi connectivity index (χ0n) is 16.0. The molecule has 28 heavy (non-hydrogen) atoms. The minimum Gasteiger partial charge on any atom is -0.376 e. The van der Waals surface area contributed by atoms with Gasteiger partial charge in [0.1, 0.15) is 11.5 Å². The first kappa shape index (κ1) is 18.4. The summed E-state index contributed by atoms with van der Waals surface area (Å²) in [6.45, 7) is 3.97. The molecule has 1 fully saturated rings. The van der Waals surface area contributed by atoms with Crippen LogP contribution < -0.4 is 10.6 Å². The maximum atomic E-state index is 12.1. The van der Waals surface area contributed by atoms with Crippen LogP contribution >= 0.6 is 0 Å². The summed E-state index contributed by atoms with van der Waals surface area (Å²) in [5.41, 5.74) is 3.85. The van der Waals surface area contributed by atoms with Gasteiger partial charge >= 0.3 is 0 Å². The number of nitrogens with one attached hydrogen (secondary N) is 2. The fourth-order valence-corrected chi connectivity index (χ4v) is 3.40. The number of fused-ring (bicyclic) bond motifs is 1. The number of hydrogen-bond donors (Lipinski definition) is 2. The molecule has 1 aliphatic heterocycles. The van der Waals surface area contributed by atoms with Crippen LogP contribution in [0.3, 0.4) is 0 Å². The van der Waals surface area contributed by atoms with E-state index < -0.39 is 0 Å². The van der Waals surface area contributed by atoms with Crippen molar-refractivity contribution in [1.29, 1.82) is 0 Å². The molecule has 0 radical (unpaired) electrons. The molecule has 1 atom stereocenters. The van der Waals surface area contributed by atoms with Gasteiger partial charge in [0.25, 0.3) is 0 Å². The van der Waals surface area contributed by atoms with E-state index in [1.54, 1.807) is 12.4 Å². The Hall–Kier alpha value is -2.93. The third-order valence-electron chi connectivity index (χ3n) is 4.95. The lowest BCUT2D eigenvalue weighted by atomic mass is 10.1. The van der Waals surface area contributed by atoms with Gasteiger partial charge in [-0.05, 0) is 19.8 Å². The van der Waals surface area contributed by atoms with Gasteiger partial charge < -0.3 is 15.4 Å². The van der Waals surface area contributed by atoms with Gasteiger partial charge in [-0.15, -0.1) is 0 Å². The van der Waals surface area contributed by atoms with Crippen LogP contribution in [0.2, 0.25) is 0 Å². The number of rotatable bonds is 7. The highest BCUT2D eigenvalue weighted by molar-refractivity contribution is 5.78. The number of ether oxygens (including phenoxy) is 1. The van der Waals surface area contributed by atoms with Gasteiger partial charge in [-0.25, -0.2) is 4.98 Å². The molecule has 7 nitrogen and oxygen atoms in total. The van der Waals surface area contributed by atoms with E-state index in [9.17, 15) is 4.79 Å². The Balaban J connectivity index is 1.44. The van der Waals surface area contributed by atoms with Crippen LogP contribution in [0.4, 0.5) is 5.82 Å². The second-order valence-electron chi connectivity index (χ2n) is 7.10. The number of aromatic nitrogens is 3. The average molecular weight is 379 g/mol. The number of benzene rings is 1. The number of amides is 1. The van der Waals surface area contributed by atoms with Crippen LogP contribution in [0.25, 0.3) is 16.9 Å². The molecular formula is C21H25N5O2. The number of nitrogens with zero attached hydrogens (tertiary/aromatic N) is 3. The summed E-state index contributed by atoms with van der Waals surface area (Å²) in [5, 5.41) is 6.35. The summed E-state index contributed by atoms with van der Waals surface area (Å²) in [4.78, 5) is 21.0. The van der Waals surface area contributed by atoms with Gasteiger partial charge in [-0.3, -0.25) is 14.2 Å². The Labute approximate surface area is 164 Å². The van der Waals surface area contributed by atoms with Gasteiger partial charge in [0.05, 0.1) is 12.3 Å². The zero-order chi connectivity index (χ0) is 19.3. The van der Waals surface area contributed by atoms with Crippen molar-refractivity contribution >= 4 is 17.4 Å². The number of carbonyl (C=O) groups excluding carboxylic acids is 1. The Morgan fingerprint density at radius 1 is 1.32 bits per heavy atom. The first-order chi connectivity index (χ1) is 13.7. The molecule has 2 N–H and O–H groups in total. The fraction of sp³-hybridized carbons (Fsp3) is 0.381. The standard InChI is InChI=1S/C21H25N5O2/c1-15-4-6-16(7-5-15)20-21(26-11-10-22-14-18(26)25-20)23-9-8-19(27)24-13-17-3-2-12-28-17/h4-7,10-11,14,17,23H,2-3,8-9,12-13H2,1H3,(H,24,27)/t17-/m0/s1. The average Bonchev–Trinajstić information content (AvgIpc) is 3.35. The van der Waals surface area contributed by atoms with Crippen LogP contribution in [0.5, 0.6) is 0 Å². The summed E-state index contributed by atoms with van der Waals surface area (Å²) in [6, 6.07) is 8.26. The van der Waals surface area contributed by atoms with Crippen molar-refractivity contribution in [2.45, 2.75) is 32.3 Å². The molecule has 0 aliphatic carbocycles. The second-order valence-corrected chi connectivity index (χ2v) is 7.10. The number of aryl methyl sites for hydroxylation is 1. The minimum absolute atomic E-state index is 0.0235. The highest BCUT2D eigenvalue weighted by Gasteiger charge is 2.17. The van der Waals surface area contributed by atoms with E-state index in [0.717, 1.165) is 42.2 Å². The lowest BCUT2D eigenvalue weighted by molar-refractivity contribution is -0.121. The second kappa shape index (κ2) is 8.39. The Morgan fingerprint density at radius 3 is 2.96 bits per heavy atom. The lowest BCUT2D eigenvalue weighted by Crippen LogP contribution is -2.32. The molecule has 3 heterocycles. The topological polar surface area (TPSA) is 80.5 Å². The van der Waals surface area contributed by atoms with E-state index in [0.29, 0.717) is 19.5 Å². The molecule has 0 unspecified atom stereocenters. The SMILES string of the molecule is Cc1ccc(-c2nc3cnccn3c2NCCC(=O)NC[C@@H]2CCCO2)cc1. The van der Waals surface area contributed by atoms with Gasteiger partial charge in [-0.1, -0.05) is 29.8 Å². The number of carbonyl (C=O) groups is 1. The third-order valence-corrected chi connectivity index (χ3v) is 4.95. The molecule has 146 valence electrons. The third kappa shape index (κ3) is 4.14. The Morgan fingerprint density at radius 2 is 2.18 bits per heavy atom. The van der Waals surface area contributed by atoms with Crippen LogP contribution in [-0.2, 0) is 9.53 Å². The maximum Gasteiger partial charge on any atom is 0.221 e. The van der Waals surface area contributed by atoms with Crippen molar-refractivity contribution in [3.8, 4) is 11.3 Å². The number of imidazole rings is 1. The van der Waals surface area contributed by atoms with Crippen molar-refractivity contribution in [3.05, 3.63) is 48.4 Å². The van der Waals surface area contributed by atoms with Gasteiger partial charge in [-0.2, -0.15) is 0 Å². The number of anilines is 1. The molecule has 1 aromatic carbocycles. The van der Waals surface area contributed by atoms with Crippen molar-refractivity contribution in [2.75, 3.05) is 25.0 Å². The molecule has 3 aromatic rings. The molecular weight excluding hydrogens is 354 g/mol. The Bertz CT molecular complexity index is 945. The highest BCUT2D eigenvalue weighted by atomic mass is 16.5. The van der Waals surface area contributed by atoms with Crippen molar-refractivity contribution in [1.82, 2.24) is 19.7 Å². The molecule has 2 aromatic heterocycles. The predicted octanol–water partition coefficient (Wildman–Crippen LogP) is 2.80. The van der Waals surface area contributed by atoms with Crippen molar-refractivity contribution < 1.29 is 9.53 Å². The number of hydrogen-bond acceptors (Lipinski definition) is 5. The van der Waals surface area contributed by atoms with E-state index in [1.165, 1.54) is 5.56 Å². The van der Waals surface area contributed by atoms with E-state index >= 15 is 0 Å². The Kier molecular flexibility index (Phi) is 5.53. The molecule has 1 amide bonds. The summed E-state index contributed by atoms with van der Waals surface area (Å²) in [7, 11) is 0.